The van der Waals surface area contributed by atoms with Crippen LogP contribution in [0.4, 0.5) is 5.13 Å². The molecule has 0 bridgehead atoms. The van der Waals surface area contributed by atoms with E-state index in [1.165, 1.54) is 4.70 Å². The number of nitrogens with one attached hydrogen (secondary N) is 1. The highest BCUT2D eigenvalue weighted by atomic mass is 35.5. The molecule has 1 heterocycles. The predicted molar refractivity (Wildman–Crippen MR) is 76.3 cm³/mol. The molecule has 0 radical (unpaired) electrons. The molecule has 0 spiro atoms. The van der Waals surface area contributed by atoms with Crippen LogP contribution >= 0.6 is 22.9 Å². The van der Waals surface area contributed by atoms with Crippen molar-refractivity contribution in [3.63, 3.8) is 0 Å². The molecule has 0 aliphatic carbocycles. The fourth-order valence-electron chi connectivity index (χ4n) is 1.57. The zero-order valence-electron chi connectivity index (χ0n) is 10.0. The molecule has 92 valence electrons. The van der Waals surface area contributed by atoms with Crippen molar-refractivity contribution in [2.75, 3.05) is 32.5 Å². The predicted octanol–water partition coefficient (Wildman–Crippen LogP) is 3.31. The average Bonchev–Trinajstić information content (AvgIpc) is 2.66. The van der Waals surface area contributed by atoms with Gasteiger partial charge in [-0.3, -0.25) is 0 Å². The Morgan fingerprint density at radius 2 is 2.24 bits per heavy atom. The Kier molecular flexibility index (Phi) is 4.20. The van der Waals surface area contributed by atoms with Crippen LogP contribution in [0, 0.1) is 0 Å². The molecular formula is C12H16ClN3S. The van der Waals surface area contributed by atoms with Gasteiger partial charge in [0.05, 0.1) is 10.2 Å². The summed E-state index contributed by atoms with van der Waals surface area (Å²) < 4.78 is 1.17. The topological polar surface area (TPSA) is 28.2 Å². The van der Waals surface area contributed by atoms with Gasteiger partial charge < -0.3 is 10.2 Å². The second-order valence-corrected chi connectivity index (χ2v) is 5.68. The van der Waals surface area contributed by atoms with Crippen molar-refractivity contribution in [3.8, 4) is 0 Å². The number of fused-ring (bicyclic) bond motifs is 1. The molecule has 0 saturated carbocycles. The third-order valence-electron chi connectivity index (χ3n) is 2.41. The maximum Gasteiger partial charge on any atom is 0.183 e. The third-order valence-corrected chi connectivity index (χ3v) is 3.64. The monoisotopic (exact) mass is 269 g/mol. The normalized spacial score (nSPS) is 11.3. The maximum absolute atomic E-state index is 5.93. The molecule has 3 nitrogen and oxygen atoms in total. The van der Waals surface area contributed by atoms with E-state index in [0.29, 0.717) is 0 Å². The molecular weight excluding hydrogens is 254 g/mol. The van der Waals surface area contributed by atoms with Crippen molar-refractivity contribution in [1.29, 1.82) is 0 Å². The highest BCUT2D eigenvalue weighted by Gasteiger charge is 2.03. The Morgan fingerprint density at radius 3 is 3.00 bits per heavy atom. The zero-order chi connectivity index (χ0) is 12.3. The van der Waals surface area contributed by atoms with Gasteiger partial charge in [-0.2, -0.15) is 0 Å². The Bertz CT molecular complexity index is 495. The van der Waals surface area contributed by atoms with Gasteiger partial charge >= 0.3 is 0 Å². The van der Waals surface area contributed by atoms with E-state index in [9.17, 15) is 0 Å². The molecule has 2 rings (SSSR count). The number of halogens is 1. The molecule has 0 atom stereocenters. The number of anilines is 1. The molecule has 0 unspecified atom stereocenters. The maximum atomic E-state index is 5.93. The summed E-state index contributed by atoms with van der Waals surface area (Å²) in [6.45, 7) is 2.04. The third kappa shape index (κ3) is 3.56. The summed E-state index contributed by atoms with van der Waals surface area (Å²) in [5.74, 6) is 0. The van der Waals surface area contributed by atoms with E-state index in [0.717, 1.165) is 35.2 Å². The van der Waals surface area contributed by atoms with Gasteiger partial charge in [0.2, 0.25) is 0 Å². The number of benzene rings is 1. The van der Waals surface area contributed by atoms with Crippen LogP contribution in [0.25, 0.3) is 10.2 Å². The van der Waals surface area contributed by atoms with E-state index in [4.69, 9.17) is 11.6 Å². The first kappa shape index (κ1) is 12.6. The molecule has 1 aromatic heterocycles. The second kappa shape index (κ2) is 5.67. The van der Waals surface area contributed by atoms with Crippen LogP contribution in [-0.4, -0.2) is 37.1 Å². The average molecular weight is 270 g/mol. The molecule has 0 aliphatic rings. The van der Waals surface area contributed by atoms with Crippen LogP contribution in [-0.2, 0) is 0 Å². The van der Waals surface area contributed by atoms with E-state index in [-0.39, 0.29) is 0 Å². The van der Waals surface area contributed by atoms with Crippen LogP contribution in [0.3, 0.4) is 0 Å². The molecule has 2 aromatic rings. The summed E-state index contributed by atoms with van der Waals surface area (Å²) in [4.78, 5) is 6.68. The van der Waals surface area contributed by atoms with Gasteiger partial charge in [-0.25, -0.2) is 4.98 Å². The van der Waals surface area contributed by atoms with Gasteiger partial charge in [0.1, 0.15) is 0 Å². The fraction of sp³-hybridized carbons (Fsp3) is 0.417. The van der Waals surface area contributed by atoms with Gasteiger partial charge in [-0.1, -0.05) is 22.9 Å². The number of thiazole rings is 1. The first-order chi connectivity index (χ1) is 8.15. The number of hydrogen-bond acceptors (Lipinski definition) is 4. The highest BCUT2D eigenvalue weighted by molar-refractivity contribution is 7.22. The summed E-state index contributed by atoms with van der Waals surface area (Å²) in [5.41, 5.74) is 0.970. The summed E-state index contributed by atoms with van der Waals surface area (Å²) in [6.07, 6.45) is 1.11. The van der Waals surface area contributed by atoms with E-state index in [1.54, 1.807) is 11.3 Å². The lowest BCUT2D eigenvalue weighted by molar-refractivity contribution is 0.405. The van der Waals surface area contributed by atoms with Crippen molar-refractivity contribution < 1.29 is 0 Å². The lowest BCUT2D eigenvalue weighted by Crippen LogP contribution is -2.16. The molecule has 0 fully saturated rings. The molecule has 0 amide bonds. The Balaban J connectivity index is 1.95. The highest BCUT2D eigenvalue weighted by Crippen LogP contribution is 2.27. The lowest BCUT2D eigenvalue weighted by Gasteiger charge is -2.08. The zero-order valence-corrected chi connectivity index (χ0v) is 11.6. The van der Waals surface area contributed by atoms with Crippen molar-refractivity contribution in [1.82, 2.24) is 9.88 Å². The van der Waals surface area contributed by atoms with Crippen molar-refractivity contribution in [2.45, 2.75) is 6.42 Å². The van der Waals surface area contributed by atoms with Crippen LogP contribution in [0.15, 0.2) is 18.2 Å². The smallest absolute Gasteiger partial charge is 0.183 e. The molecule has 0 saturated heterocycles. The first-order valence-electron chi connectivity index (χ1n) is 5.60. The van der Waals surface area contributed by atoms with E-state index >= 15 is 0 Å². The number of nitrogens with zero attached hydrogens (tertiary/aromatic N) is 2. The van der Waals surface area contributed by atoms with Crippen LogP contribution in [0.1, 0.15) is 6.42 Å². The van der Waals surface area contributed by atoms with Gasteiger partial charge in [-0.05, 0) is 45.3 Å². The van der Waals surface area contributed by atoms with Crippen molar-refractivity contribution in [2.24, 2.45) is 0 Å². The number of aromatic nitrogens is 1. The summed E-state index contributed by atoms with van der Waals surface area (Å²) >= 11 is 7.60. The minimum atomic E-state index is 0.738. The van der Waals surface area contributed by atoms with E-state index in [1.807, 2.05) is 18.2 Å². The molecule has 0 aliphatic heterocycles. The van der Waals surface area contributed by atoms with Gasteiger partial charge in [-0.15, -0.1) is 0 Å². The second-order valence-electron chi connectivity index (χ2n) is 4.21. The van der Waals surface area contributed by atoms with Gasteiger partial charge in [0.15, 0.2) is 5.13 Å². The standard InChI is InChI=1S/C12H16ClN3S/c1-16(2)7-3-6-14-12-15-10-8-9(13)4-5-11(10)17-12/h4-5,8H,3,6-7H2,1-2H3,(H,14,15). The Morgan fingerprint density at radius 1 is 1.41 bits per heavy atom. The summed E-state index contributed by atoms with van der Waals surface area (Å²) in [6, 6.07) is 5.82. The minimum absolute atomic E-state index is 0.738. The van der Waals surface area contributed by atoms with Crippen LogP contribution in [0.5, 0.6) is 0 Å². The van der Waals surface area contributed by atoms with Crippen LogP contribution < -0.4 is 5.32 Å². The summed E-state index contributed by atoms with van der Waals surface area (Å²) in [7, 11) is 4.17. The Hall–Kier alpha value is -0.840. The SMILES string of the molecule is CN(C)CCCNc1nc2cc(Cl)ccc2s1. The Labute approximate surface area is 110 Å². The van der Waals surface area contributed by atoms with E-state index < -0.39 is 0 Å². The van der Waals surface area contributed by atoms with Crippen LogP contribution in [0.2, 0.25) is 5.02 Å². The molecule has 5 heteroatoms. The first-order valence-corrected chi connectivity index (χ1v) is 6.79. The largest absolute Gasteiger partial charge is 0.361 e. The van der Waals surface area contributed by atoms with E-state index in [2.05, 4.69) is 29.3 Å². The van der Waals surface area contributed by atoms with Crippen molar-refractivity contribution in [3.05, 3.63) is 23.2 Å². The molecule has 1 N–H and O–H groups in total. The molecule has 17 heavy (non-hydrogen) atoms. The number of hydrogen-bond donors (Lipinski definition) is 1. The van der Waals surface area contributed by atoms with Gasteiger partial charge in [0, 0.05) is 11.6 Å². The molecule has 1 aromatic carbocycles. The number of rotatable bonds is 5. The minimum Gasteiger partial charge on any atom is -0.361 e. The lowest BCUT2D eigenvalue weighted by atomic mass is 10.3. The van der Waals surface area contributed by atoms with Crippen molar-refractivity contribution >= 4 is 38.3 Å². The van der Waals surface area contributed by atoms with Gasteiger partial charge in [0.25, 0.3) is 0 Å². The summed E-state index contributed by atoms with van der Waals surface area (Å²) in [5, 5.41) is 5.06. The quantitative estimate of drug-likeness (QED) is 0.844. The fourth-order valence-corrected chi connectivity index (χ4v) is 2.60.